The zero-order valence-electron chi connectivity index (χ0n) is 9.38. The zero-order chi connectivity index (χ0) is 12.9. The van der Waals surface area contributed by atoms with Crippen LogP contribution in [0, 0.1) is 5.92 Å². The highest BCUT2D eigenvalue weighted by molar-refractivity contribution is 7.89. The average molecular weight is 261 g/mol. The largest absolute Gasteiger partial charge is 0.481 e. The maximum Gasteiger partial charge on any atom is 0.303 e. The Balaban J connectivity index is 2.57. The maximum atomic E-state index is 11.7. The number of carbonyl (C=O) groups is 1. The monoisotopic (exact) mass is 261 g/mol. The third-order valence-corrected chi connectivity index (χ3v) is 3.71. The van der Waals surface area contributed by atoms with E-state index in [0.717, 1.165) is 0 Å². The van der Waals surface area contributed by atoms with Gasteiger partial charge in [0.2, 0.25) is 0 Å². The van der Waals surface area contributed by atoms with Gasteiger partial charge in [-0.2, -0.15) is 0 Å². The summed E-state index contributed by atoms with van der Waals surface area (Å²) in [6.07, 6.45) is 3.00. The number of rotatable bonds is 7. The van der Waals surface area contributed by atoms with E-state index in [4.69, 9.17) is 5.11 Å². The topological polar surface area (TPSA) is 112 Å². The number of hydrogen-bond acceptors (Lipinski definition) is 4. The van der Waals surface area contributed by atoms with Gasteiger partial charge in [0.15, 0.2) is 5.03 Å². The Morgan fingerprint density at radius 3 is 2.82 bits per heavy atom. The van der Waals surface area contributed by atoms with Crippen LogP contribution in [0.1, 0.15) is 19.8 Å². The molecule has 3 N–H and O–H groups in total. The fraction of sp³-hybridized carbons (Fsp3) is 0.556. The van der Waals surface area contributed by atoms with E-state index in [2.05, 4.69) is 14.7 Å². The molecule has 1 rings (SSSR count). The first kappa shape index (κ1) is 13.7. The van der Waals surface area contributed by atoms with Gasteiger partial charge in [-0.05, 0) is 5.92 Å². The molecule has 0 amide bonds. The molecule has 96 valence electrons. The number of aliphatic carboxylic acids is 1. The van der Waals surface area contributed by atoms with Crippen molar-refractivity contribution < 1.29 is 18.3 Å². The van der Waals surface area contributed by atoms with Gasteiger partial charge in [-0.25, -0.2) is 18.1 Å². The smallest absolute Gasteiger partial charge is 0.303 e. The molecule has 1 atom stereocenters. The SMILES string of the molecule is CCC(CNS(=O)(=O)c1cnc[nH]1)CC(=O)O. The number of imidazole rings is 1. The van der Waals surface area contributed by atoms with Gasteiger partial charge < -0.3 is 10.1 Å². The van der Waals surface area contributed by atoms with Crippen LogP contribution in [-0.2, 0) is 14.8 Å². The first-order valence-corrected chi connectivity index (χ1v) is 6.64. The lowest BCUT2D eigenvalue weighted by atomic mass is 10.0. The van der Waals surface area contributed by atoms with Crippen molar-refractivity contribution in [2.45, 2.75) is 24.8 Å². The van der Waals surface area contributed by atoms with E-state index in [1.54, 1.807) is 0 Å². The molecule has 0 aliphatic heterocycles. The highest BCUT2D eigenvalue weighted by Crippen LogP contribution is 2.09. The Kier molecular flexibility index (Phi) is 4.64. The Morgan fingerprint density at radius 1 is 1.65 bits per heavy atom. The standard InChI is InChI=1S/C9H15N3O4S/c1-2-7(3-9(13)14)4-12-17(15,16)8-5-10-6-11-8/h5-7,12H,2-4H2,1H3,(H,10,11)(H,13,14). The number of carboxylic acids is 1. The fourth-order valence-electron chi connectivity index (χ4n) is 1.30. The summed E-state index contributed by atoms with van der Waals surface area (Å²) in [5, 5.41) is 8.61. The number of nitrogens with zero attached hydrogens (tertiary/aromatic N) is 1. The predicted molar refractivity (Wildman–Crippen MR) is 59.8 cm³/mol. The first-order chi connectivity index (χ1) is 7.95. The molecule has 0 spiro atoms. The summed E-state index contributed by atoms with van der Waals surface area (Å²) in [5.41, 5.74) is 0. The molecule has 0 saturated carbocycles. The van der Waals surface area contributed by atoms with Crippen molar-refractivity contribution in [3.05, 3.63) is 12.5 Å². The molecule has 0 bridgehead atoms. The Bertz CT molecular complexity index is 455. The maximum absolute atomic E-state index is 11.7. The minimum Gasteiger partial charge on any atom is -0.481 e. The summed E-state index contributed by atoms with van der Waals surface area (Å²) in [4.78, 5) is 16.6. The van der Waals surface area contributed by atoms with Gasteiger partial charge in [-0.1, -0.05) is 13.3 Å². The highest BCUT2D eigenvalue weighted by Gasteiger charge is 2.18. The number of aromatic amines is 1. The summed E-state index contributed by atoms with van der Waals surface area (Å²) in [5.74, 6) is -1.15. The molecule has 17 heavy (non-hydrogen) atoms. The molecule has 1 aromatic heterocycles. The van der Waals surface area contributed by atoms with E-state index >= 15 is 0 Å². The molecule has 0 saturated heterocycles. The molecule has 0 aromatic carbocycles. The fourth-order valence-corrected chi connectivity index (χ4v) is 2.32. The van der Waals surface area contributed by atoms with E-state index < -0.39 is 16.0 Å². The Morgan fingerprint density at radius 2 is 2.35 bits per heavy atom. The van der Waals surface area contributed by atoms with Gasteiger partial charge >= 0.3 is 5.97 Å². The Hall–Kier alpha value is -1.41. The van der Waals surface area contributed by atoms with Crippen LogP contribution in [-0.4, -0.2) is 36.0 Å². The number of carboxylic acid groups (broad SMARTS) is 1. The van der Waals surface area contributed by atoms with Gasteiger partial charge in [0, 0.05) is 13.0 Å². The third kappa shape index (κ3) is 4.16. The van der Waals surface area contributed by atoms with Gasteiger partial charge in [0.1, 0.15) is 0 Å². The second-order valence-electron chi connectivity index (χ2n) is 3.64. The lowest BCUT2D eigenvalue weighted by Gasteiger charge is -2.12. The van der Waals surface area contributed by atoms with E-state index in [0.29, 0.717) is 6.42 Å². The van der Waals surface area contributed by atoms with Crippen molar-refractivity contribution in [3.8, 4) is 0 Å². The van der Waals surface area contributed by atoms with Crippen molar-refractivity contribution in [2.75, 3.05) is 6.54 Å². The van der Waals surface area contributed by atoms with Crippen molar-refractivity contribution in [1.82, 2.24) is 14.7 Å². The van der Waals surface area contributed by atoms with Gasteiger partial charge in [-0.15, -0.1) is 0 Å². The second-order valence-corrected chi connectivity index (χ2v) is 5.38. The summed E-state index contributed by atoms with van der Waals surface area (Å²) >= 11 is 0. The molecule has 8 heteroatoms. The van der Waals surface area contributed by atoms with Crippen LogP contribution in [0.5, 0.6) is 0 Å². The summed E-state index contributed by atoms with van der Waals surface area (Å²) in [6, 6.07) is 0. The molecule has 1 heterocycles. The minimum absolute atomic E-state index is 0.0253. The molecule has 0 radical (unpaired) electrons. The second kappa shape index (κ2) is 5.78. The van der Waals surface area contributed by atoms with Crippen molar-refractivity contribution in [3.63, 3.8) is 0 Å². The van der Waals surface area contributed by atoms with Crippen molar-refractivity contribution in [2.24, 2.45) is 5.92 Å². The number of H-pyrrole nitrogens is 1. The van der Waals surface area contributed by atoms with Crippen molar-refractivity contribution in [1.29, 1.82) is 0 Å². The van der Waals surface area contributed by atoms with Crippen LogP contribution in [0.2, 0.25) is 0 Å². The van der Waals surface area contributed by atoms with Crippen LogP contribution in [0.3, 0.4) is 0 Å². The Labute approximate surface area is 99.3 Å². The summed E-state index contributed by atoms with van der Waals surface area (Å²) in [6.45, 7) is 1.92. The summed E-state index contributed by atoms with van der Waals surface area (Å²) in [7, 11) is -3.62. The number of nitrogens with one attached hydrogen (secondary N) is 2. The van der Waals surface area contributed by atoms with Gasteiger partial charge in [0.25, 0.3) is 10.0 Å². The lowest BCUT2D eigenvalue weighted by Crippen LogP contribution is -2.30. The van der Waals surface area contributed by atoms with Crippen LogP contribution in [0.15, 0.2) is 17.6 Å². The van der Waals surface area contributed by atoms with Crippen LogP contribution >= 0.6 is 0 Å². The van der Waals surface area contributed by atoms with E-state index in [9.17, 15) is 13.2 Å². The average Bonchev–Trinajstić information content (AvgIpc) is 2.77. The van der Waals surface area contributed by atoms with E-state index in [-0.39, 0.29) is 23.9 Å². The van der Waals surface area contributed by atoms with Crippen LogP contribution in [0.4, 0.5) is 0 Å². The third-order valence-electron chi connectivity index (χ3n) is 2.37. The molecule has 0 aliphatic carbocycles. The van der Waals surface area contributed by atoms with E-state index in [1.165, 1.54) is 12.5 Å². The predicted octanol–water partition coefficient (Wildman–Crippen LogP) is 0.189. The molecular formula is C9H15N3O4S. The van der Waals surface area contributed by atoms with Gasteiger partial charge in [-0.3, -0.25) is 4.79 Å². The van der Waals surface area contributed by atoms with E-state index in [1.807, 2.05) is 6.92 Å². The zero-order valence-corrected chi connectivity index (χ0v) is 10.2. The van der Waals surface area contributed by atoms with Crippen LogP contribution in [0.25, 0.3) is 0 Å². The molecule has 1 unspecified atom stereocenters. The van der Waals surface area contributed by atoms with Gasteiger partial charge in [0.05, 0.1) is 12.5 Å². The molecule has 0 fully saturated rings. The molecule has 7 nitrogen and oxygen atoms in total. The molecule has 0 aliphatic rings. The molecule has 1 aromatic rings. The van der Waals surface area contributed by atoms with Crippen LogP contribution < -0.4 is 4.72 Å². The first-order valence-electron chi connectivity index (χ1n) is 5.15. The quantitative estimate of drug-likeness (QED) is 0.648. The normalized spacial score (nSPS) is 13.5. The highest BCUT2D eigenvalue weighted by atomic mass is 32.2. The number of hydrogen-bond donors (Lipinski definition) is 3. The molecular weight excluding hydrogens is 246 g/mol. The van der Waals surface area contributed by atoms with Crippen molar-refractivity contribution >= 4 is 16.0 Å². The lowest BCUT2D eigenvalue weighted by molar-refractivity contribution is -0.138. The minimum atomic E-state index is -3.62. The number of sulfonamides is 1. The number of aromatic nitrogens is 2. The summed E-state index contributed by atoms with van der Waals surface area (Å²) < 4.78 is 25.7.